The zero-order valence-corrected chi connectivity index (χ0v) is 12.3. The van der Waals surface area contributed by atoms with Gasteiger partial charge in [-0.3, -0.25) is 0 Å². The average molecular weight is 279 g/mol. The van der Waals surface area contributed by atoms with E-state index in [-0.39, 0.29) is 5.84 Å². The van der Waals surface area contributed by atoms with Crippen LogP contribution in [0.3, 0.4) is 0 Å². The summed E-state index contributed by atoms with van der Waals surface area (Å²) in [4.78, 5) is 3.39. The first-order valence-corrected chi connectivity index (χ1v) is 7.79. The van der Waals surface area contributed by atoms with Crippen molar-refractivity contribution in [3.63, 3.8) is 0 Å². The molecule has 2 rings (SSSR count). The third kappa shape index (κ3) is 2.97. The number of anilines is 1. The Hall–Kier alpha value is -1.36. The van der Waals surface area contributed by atoms with E-state index >= 15 is 0 Å². The van der Waals surface area contributed by atoms with Crippen LogP contribution in [0.25, 0.3) is 0 Å². The second kappa shape index (κ2) is 6.19. The standard InChI is InChI=1S/C14H21N3OS/c1-10-6-8-17(9-7-10)11-4-3-5-12(19-2)13(11)14(15)16-18/h3-5,10,18H,6-9H2,1-2H3,(H2,15,16). The van der Waals surface area contributed by atoms with Crippen LogP contribution < -0.4 is 10.6 Å². The molecule has 0 radical (unpaired) electrons. The molecule has 1 aliphatic heterocycles. The molecular formula is C14H21N3OS. The minimum atomic E-state index is 0.193. The zero-order valence-electron chi connectivity index (χ0n) is 11.5. The third-order valence-corrected chi connectivity index (χ3v) is 4.49. The van der Waals surface area contributed by atoms with Gasteiger partial charge < -0.3 is 15.8 Å². The van der Waals surface area contributed by atoms with Gasteiger partial charge in [0.2, 0.25) is 0 Å². The molecule has 1 heterocycles. The molecule has 0 saturated carbocycles. The van der Waals surface area contributed by atoms with Crippen LogP contribution in [0.1, 0.15) is 25.3 Å². The van der Waals surface area contributed by atoms with E-state index in [9.17, 15) is 0 Å². The van der Waals surface area contributed by atoms with E-state index in [1.54, 1.807) is 11.8 Å². The van der Waals surface area contributed by atoms with Crippen LogP contribution in [0.2, 0.25) is 0 Å². The molecule has 1 aliphatic rings. The van der Waals surface area contributed by atoms with Gasteiger partial charge in [0.25, 0.3) is 0 Å². The van der Waals surface area contributed by atoms with E-state index in [1.165, 1.54) is 12.8 Å². The lowest BCUT2D eigenvalue weighted by atomic mass is 9.98. The van der Waals surface area contributed by atoms with Gasteiger partial charge in [-0.1, -0.05) is 18.1 Å². The Labute approximate surface area is 118 Å². The van der Waals surface area contributed by atoms with E-state index < -0.39 is 0 Å². The second-order valence-corrected chi connectivity index (χ2v) is 5.86. The number of thioether (sulfide) groups is 1. The van der Waals surface area contributed by atoms with Crippen molar-refractivity contribution in [1.29, 1.82) is 0 Å². The summed E-state index contributed by atoms with van der Waals surface area (Å²) in [6, 6.07) is 6.10. The van der Waals surface area contributed by atoms with E-state index in [2.05, 4.69) is 23.0 Å². The quantitative estimate of drug-likeness (QED) is 0.294. The summed E-state index contributed by atoms with van der Waals surface area (Å²) < 4.78 is 0. The van der Waals surface area contributed by atoms with Gasteiger partial charge in [0.15, 0.2) is 5.84 Å². The molecule has 1 aromatic rings. The Morgan fingerprint density at radius 1 is 1.42 bits per heavy atom. The van der Waals surface area contributed by atoms with Crippen LogP contribution >= 0.6 is 11.8 Å². The number of hydrogen-bond acceptors (Lipinski definition) is 4. The van der Waals surface area contributed by atoms with Crippen molar-refractivity contribution in [2.75, 3.05) is 24.2 Å². The van der Waals surface area contributed by atoms with Crippen LogP contribution in [-0.4, -0.2) is 30.4 Å². The summed E-state index contributed by atoms with van der Waals surface area (Å²) in [6.07, 6.45) is 4.39. The van der Waals surface area contributed by atoms with Crippen molar-refractivity contribution in [1.82, 2.24) is 0 Å². The van der Waals surface area contributed by atoms with Gasteiger partial charge in [-0.25, -0.2) is 0 Å². The van der Waals surface area contributed by atoms with Gasteiger partial charge in [0.1, 0.15) is 0 Å². The molecule has 1 fully saturated rings. The summed E-state index contributed by atoms with van der Waals surface area (Å²) in [5.41, 5.74) is 7.80. The van der Waals surface area contributed by atoms with Gasteiger partial charge in [-0.15, -0.1) is 11.8 Å². The average Bonchev–Trinajstić information content (AvgIpc) is 2.46. The zero-order chi connectivity index (χ0) is 13.8. The number of nitrogens with two attached hydrogens (primary N) is 1. The number of nitrogens with zero attached hydrogens (tertiary/aromatic N) is 2. The number of rotatable bonds is 3. The monoisotopic (exact) mass is 279 g/mol. The highest BCUT2D eigenvalue weighted by Gasteiger charge is 2.21. The molecule has 19 heavy (non-hydrogen) atoms. The van der Waals surface area contributed by atoms with E-state index in [4.69, 9.17) is 10.9 Å². The predicted molar refractivity (Wildman–Crippen MR) is 81.3 cm³/mol. The molecule has 0 aliphatic carbocycles. The van der Waals surface area contributed by atoms with Gasteiger partial charge in [-0.05, 0) is 37.1 Å². The van der Waals surface area contributed by atoms with Crippen molar-refractivity contribution in [3.05, 3.63) is 23.8 Å². The number of oxime groups is 1. The Kier molecular flexibility index (Phi) is 4.58. The van der Waals surface area contributed by atoms with Crippen LogP contribution in [0.4, 0.5) is 5.69 Å². The Morgan fingerprint density at radius 3 is 2.68 bits per heavy atom. The maximum absolute atomic E-state index is 9.01. The lowest BCUT2D eigenvalue weighted by Crippen LogP contribution is -2.34. The molecule has 0 bridgehead atoms. The maximum atomic E-state index is 9.01. The van der Waals surface area contributed by atoms with Crippen LogP contribution in [0.5, 0.6) is 0 Å². The Morgan fingerprint density at radius 2 is 2.11 bits per heavy atom. The molecule has 4 nitrogen and oxygen atoms in total. The number of hydrogen-bond donors (Lipinski definition) is 2. The lowest BCUT2D eigenvalue weighted by Gasteiger charge is -2.33. The number of amidine groups is 1. The first kappa shape index (κ1) is 14.1. The molecule has 104 valence electrons. The summed E-state index contributed by atoms with van der Waals surface area (Å²) in [5, 5.41) is 12.2. The topological polar surface area (TPSA) is 61.8 Å². The third-order valence-electron chi connectivity index (χ3n) is 3.71. The number of piperidine rings is 1. The first-order valence-electron chi connectivity index (χ1n) is 6.57. The van der Waals surface area contributed by atoms with Crippen molar-refractivity contribution in [2.45, 2.75) is 24.7 Å². The fourth-order valence-electron chi connectivity index (χ4n) is 2.51. The van der Waals surface area contributed by atoms with Gasteiger partial charge in [0.05, 0.1) is 5.56 Å². The maximum Gasteiger partial charge on any atom is 0.173 e. The summed E-state index contributed by atoms with van der Waals surface area (Å²) in [6.45, 7) is 4.36. The Balaban J connectivity index is 2.39. The normalized spacial score (nSPS) is 17.8. The van der Waals surface area contributed by atoms with E-state index in [0.717, 1.165) is 35.2 Å². The molecule has 0 spiro atoms. The summed E-state index contributed by atoms with van der Waals surface area (Å²) in [7, 11) is 0. The smallest absolute Gasteiger partial charge is 0.173 e. The molecule has 5 heteroatoms. The van der Waals surface area contributed by atoms with Gasteiger partial charge in [-0.2, -0.15) is 0 Å². The van der Waals surface area contributed by atoms with Gasteiger partial charge in [0, 0.05) is 23.7 Å². The molecular weight excluding hydrogens is 258 g/mol. The van der Waals surface area contributed by atoms with E-state index in [0.29, 0.717) is 0 Å². The van der Waals surface area contributed by atoms with Crippen LogP contribution in [0.15, 0.2) is 28.3 Å². The number of benzene rings is 1. The minimum absolute atomic E-state index is 0.193. The highest BCUT2D eigenvalue weighted by Crippen LogP contribution is 2.32. The van der Waals surface area contributed by atoms with Crippen molar-refractivity contribution in [2.24, 2.45) is 16.8 Å². The largest absolute Gasteiger partial charge is 0.409 e. The van der Waals surface area contributed by atoms with Crippen molar-refractivity contribution < 1.29 is 5.21 Å². The van der Waals surface area contributed by atoms with Gasteiger partial charge >= 0.3 is 0 Å². The molecule has 1 aromatic carbocycles. The molecule has 1 saturated heterocycles. The fourth-order valence-corrected chi connectivity index (χ4v) is 3.14. The molecule has 0 atom stereocenters. The highest BCUT2D eigenvalue weighted by atomic mass is 32.2. The molecule has 0 aromatic heterocycles. The highest BCUT2D eigenvalue weighted by molar-refractivity contribution is 7.98. The van der Waals surface area contributed by atoms with E-state index in [1.807, 2.05) is 18.4 Å². The van der Waals surface area contributed by atoms with Crippen LogP contribution in [0, 0.1) is 5.92 Å². The Bertz CT molecular complexity index is 468. The molecule has 0 unspecified atom stereocenters. The molecule has 3 N–H and O–H groups in total. The van der Waals surface area contributed by atoms with Crippen molar-refractivity contribution in [3.8, 4) is 0 Å². The second-order valence-electron chi connectivity index (χ2n) is 5.01. The lowest BCUT2D eigenvalue weighted by molar-refractivity contribution is 0.318. The van der Waals surface area contributed by atoms with Crippen molar-refractivity contribution >= 4 is 23.3 Å². The predicted octanol–water partition coefficient (Wildman–Crippen LogP) is 2.74. The fraction of sp³-hybridized carbons (Fsp3) is 0.500. The SMILES string of the molecule is CSc1cccc(N2CCC(C)CC2)c1/C(N)=N/O. The summed E-state index contributed by atoms with van der Waals surface area (Å²) in [5.74, 6) is 0.978. The first-order chi connectivity index (χ1) is 9.17. The van der Waals surface area contributed by atoms with Crippen LogP contribution in [-0.2, 0) is 0 Å². The molecule has 0 amide bonds. The summed E-state index contributed by atoms with van der Waals surface area (Å²) >= 11 is 1.62. The minimum Gasteiger partial charge on any atom is -0.409 e.